The van der Waals surface area contributed by atoms with E-state index in [0.29, 0.717) is 24.7 Å². The van der Waals surface area contributed by atoms with E-state index in [-0.39, 0.29) is 12.3 Å². The maximum absolute atomic E-state index is 12.3. The van der Waals surface area contributed by atoms with E-state index in [1.807, 2.05) is 77.1 Å². The highest BCUT2D eigenvalue weighted by Gasteiger charge is 2.28. The molecule has 0 spiro atoms. The van der Waals surface area contributed by atoms with Gasteiger partial charge in [-0.2, -0.15) is 0 Å². The molecule has 0 aliphatic carbocycles. The molecular weight excluding hydrogens is 428 g/mol. The molecule has 1 saturated heterocycles. The Kier molecular flexibility index (Phi) is 7.91. The van der Waals surface area contributed by atoms with Gasteiger partial charge in [-0.25, -0.2) is 4.79 Å². The van der Waals surface area contributed by atoms with Crippen LogP contribution in [0.5, 0.6) is 11.5 Å². The zero-order chi connectivity index (χ0) is 23.3. The largest absolute Gasteiger partial charge is 0.489 e. The number of amides is 1. The minimum absolute atomic E-state index is 0.131. The predicted octanol–water partition coefficient (Wildman–Crippen LogP) is 5.50. The smallest absolute Gasteiger partial charge is 0.410 e. The van der Waals surface area contributed by atoms with Crippen LogP contribution in [0.1, 0.15) is 38.8 Å². The van der Waals surface area contributed by atoms with Crippen molar-refractivity contribution in [1.29, 1.82) is 0 Å². The lowest BCUT2D eigenvalue weighted by Crippen LogP contribution is -2.53. The summed E-state index contributed by atoms with van der Waals surface area (Å²) in [5.74, 6) is 1.49. The second-order valence-corrected chi connectivity index (χ2v) is 9.49. The Balaban J connectivity index is 1.54. The van der Waals surface area contributed by atoms with Crippen LogP contribution in [0.25, 0.3) is 0 Å². The van der Waals surface area contributed by atoms with Gasteiger partial charge in [0.1, 0.15) is 29.9 Å². The lowest BCUT2D eigenvalue weighted by Gasteiger charge is -2.38. The van der Waals surface area contributed by atoms with Gasteiger partial charge >= 0.3 is 6.09 Å². The molecule has 0 saturated carbocycles. The minimum Gasteiger partial charge on any atom is -0.489 e. The number of carbonyl (C=O) groups is 1. The van der Waals surface area contributed by atoms with Gasteiger partial charge in [0, 0.05) is 42.8 Å². The Morgan fingerprint density at radius 2 is 1.72 bits per heavy atom. The molecule has 0 bridgehead atoms. The van der Waals surface area contributed by atoms with Crippen molar-refractivity contribution in [2.24, 2.45) is 0 Å². The van der Waals surface area contributed by atoms with E-state index in [0.717, 1.165) is 35.7 Å². The van der Waals surface area contributed by atoms with Crippen LogP contribution in [-0.4, -0.2) is 53.9 Å². The molecule has 0 aromatic heterocycles. The molecule has 1 amide bonds. The number of nitrogens with zero attached hydrogens (tertiary/aromatic N) is 2. The van der Waals surface area contributed by atoms with Gasteiger partial charge in [-0.3, -0.25) is 4.90 Å². The van der Waals surface area contributed by atoms with E-state index >= 15 is 0 Å². The van der Waals surface area contributed by atoms with Crippen LogP contribution in [0.15, 0.2) is 42.5 Å². The molecule has 2 aromatic carbocycles. The SMILES string of the molecule is Cc1cc(OCc2ccccc2Cl)cc(OC(C)N2CCN(C(=O)OC(C)(C)C)CC2)c1. The van der Waals surface area contributed by atoms with Crippen LogP contribution in [0.4, 0.5) is 4.79 Å². The van der Waals surface area contributed by atoms with Crippen LogP contribution in [0.3, 0.4) is 0 Å². The summed E-state index contributed by atoms with van der Waals surface area (Å²) >= 11 is 6.23. The summed E-state index contributed by atoms with van der Waals surface area (Å²) in [6.45, 7) is 12.7. The van der Waals surface area contributed by atoms with Gasteiger partial charge in [0.2, 0.25) is 0 Å². The molecule has 1 aliphatic rings. The molecule has 0 radical (unpaired) electrons. The monoisotopic (exact) mass is 460 g/mol. The van der Waals surface area contributed by atoms with Gasteiger partial charge < -0.3 is 19.1 Å². The highest BCUT2D eigenvalue weighted by molar-refractivity contribution is 6.31. The maximum atomic E-state index is 12.3. The summed E-state index contributed by atoms with van der Waals surface area (Å²) in [6, 6.07) is 13.5. The van der Waals surface area contributed by atoms with Gasteiger partial charge in [0.05, 0.1) is 0 Å². The molecular formula is C25H33ClN2O4. The molecule has 1 fully saturated rings. The average Bonchev–Trinajstić information content (AvgIpc) is 2.71. The van der Waals surface area contributed by atoms with Gasteiger partial charge in [-0.15, -0.1) is 0 Å². The van der Waals surface area contributed by atoms with Crippen LogP contribution in [0.2, 0.25) is 5.02 Å². The van der Waals surface area contributed by atoms with Crippen molar-refractivity contribution in [2.45, 2.75) is 53.1 Å². The summed E-state index contributed by atoms with van der Waals surface area (Å²) in [7, 11) is 0. The molecule has 3 rings (SSSR count). The van der Waals surface area contributed by atoms with Crippen molar-refractivity contribution in [3.05, 3.63) is 58.6 Å². The van der Waals surface area contributed by atoms with Crippen molar-refractivity contribution >= 4 is 17.7 Å². The Morgan fingerprint density at radius 1 is 1.06 bits per heavy atom. The lowest BCUT2D eigenvalue weighted by atomic mass is 10.2. The number of carbonyl (C=O) groups excluding carboxylic acids is 1. The molecule has 32 heavy (non-hydrogen) atoms. The summed E-state index contributed by atoms with van der Waals surface area (Å²) in [5, 5.41) is 0.691. The highest BCUT2D eigenvalue weighted by atomic mass is 35.5. The standard InChI is InChI=1S/C25H33ClN2O4/c1-18-14-21(30-17-20-8-6-7-9-23(20)26)16-22(15-18)31-19(2)27-10-12-28(13-11-27)24(29)32-25(3,4)5/h6-9,14-16,19H,10-13,17H2,1-5H3. The zero-order valence-electron chi connectivity index (χ0n) is 19.6. The molecule has 1 unspecified atom stereocenters. The quantitative estimate of drug-likeness (QED) is 0.569. The predicted molar refractivity (Wildman–Crippen MR) is 126 cm³/mol. The maximum Gasteiger partial charge on any atom is 0.410 e. The third-order valence-electron chi connectivity index (χ3n) is 5.16. The fourth-order valence-corrected chi connectivity index (χ4v) is 3.70. The van der Waals surface area contributed by atoms with Crippen LogP contribution in [-0.2, 0) is 11.3 Å². The molecule has 1 atom stereocenters. The van der Waals surface area contributed by atoms with Crippen molar-refractivity contribution in [3.8, 4) is 11.5 Å². The Labute approximate surface area is 196 Å². The van der Waals surface area contributed by atoms with Crippen LogP contribution >= 0.6 is 11.6 Å². The molecule has 1 heterocycles. The van der Waals surface area contributed by atoms with Crippen molar-refractivity contribution in [2.75, 3.05) is 26.2 Å². The lowest BCUT2D eigenvalue weighted by molar-refractivity contribution is -0.0150. The van der Waals surface area contributed by atoms with Crippen molar-refractivity contribution in [3.63, 3.8) is 0 Å². The highest BCUT2D eigenvalue weighted by Crippen LogP contribution is 2.26. The topological polar surface area (TPSA) is 51.2 Å². The van der Waals surface area contributed by atoms with Gasteiger partial charge in [-0.05, 0) is 58.4 Å². The summed E-state index contributed by atoms with van der Waals surface area (Å²) in [5.41, 5.74) is 1.51. The van der Waals surface area contributed by atoms with E-state index in [1.165, 1.54) is 0 Å². The van der Waals surface area contributed by atoms with Crippen LogP contribution < -0.4 is 9.47 Å². The Bertz CT molecular complexity index is 920. The fourth-order valence-electron chi connectivity index (χ4n) is 3.51. The van der Waals surface area contributed by atoms with E-state index in [2.05, 4.69) is 4.90 Å². The molecule has 1 aliphatic heterocycles. The van der Waals surface area contributed by atoms with Gasteiger partial charge in [0.15, 0.2) is 0 Å². The van der Waals surface area contributed by atoms with Crippen molar-refractivity contribution in [1.82, 2.24) is 9.80 Å². The number of hydrogen-bond donors (Lipinski definition) is 0. The number of rotatable bonds is 6. The van der Waals surface area contributed by atoms with Crippen LogP contribution in [0, 0.1) is 6.92 Å². The van der Waals surface area contributed by atoms with E-state index < -0.39 is 5.60 Å². The Morgan fingerprint density at radius 3 is 2.38 bits per heavy atom. The molecule has 0 N–H and O–H groups in total. The Hall–Kier alpha value is -2.44. The number of piperazine rings is 1. The number of benzene rings is 2. The fraction of sp³-hybridized carbons (Fsp3) is 0.480. The van der Waals surface area contributed by atoms with E-state index in [9.17, 15) is 4.79 Å². The van der Waals surface area contributed by atoms with E-state index in [4.69, 9.17) is 25.8 Å². The molecule has 7 heteroatoms. The number of hydrogen-bond acceptors (Lipinski definition) is 5. The molecule has 174 valence electrons. The normalized spacial score (nSPS) is 15.9. The third-order valence-corrected chi connectivity index (χ3v) is 5.53. The van der Waals surface area contributed by atoms with E-state index in [1.54, 1.807) is 4.90 Å². The van der Waals surface area contributed by atoms with Crippen molar-refractivity contribution < 1.29 is 19.0 Å². The second kappa shape index (κ2) is 10.5. The summed E-state index contributed by atoms with van der Waals surface area (Å²) < 4.78 is 17.7. The number of ether oxygens (including phenoxy) is 3. The molecule has 2 aromatic rings. The summed E-state index contributed by atoms with van der Waals surface area (Å²) in [6.07, 6.45) is -0.390. The first kappa shape index (κ1) is 24.2. The minimum atomic E-state index is -0.485. The third kappa shape index (κ3) is 7.04. The average molecular weight is 461 g/mol. The zero-order valence-corrected chi connectivity index (χ0v) is 20.3. The first-order valence-electron chi connectivity index (χ1n) is 11.0. The number of halogens is 1. The van der Waals surface area contributed by atoms with Gasteiger partial charge in [0.25, 0.3) is 0 Å². The second-order valence-electron chi connectivity index (χ2n) is 9.08. The molecule has 6 nitrogen and oxygen atoms in total. The first-order valence-corrected chi connectivity index (χ1v) is 11.3. The summed E-state index contributed by atoms with van der Waals surface area (Å²) in [4.78, 5) is 16.2. The first-order chi connectivity index (χ1) is 15.1. The number of aryl methyl sites for hydroxylation is 1. The van der Waals surface area contributed by atoms with Gasteiger partial charge in [-0.1, -0.05) is 29.8 Å².